The number of aliphatic hydroxyl groups excluding tert-OH is 1. The third-order valence-electron chi connectivity index (χ3n) is 3.01. The summed E-state index contributed by atoms with van der Waals surface area (Å²) in [4.78, 5) is 0. The quantitative estimate of drug-likeness (QED) is 0.628. The maximum atomic E-state index is 9.64. The highest BCUT2D eigenvalue weighted by Crippen LogP contribution is 2.13. The number of aliphatic hydroxyl groups is 1. The predicted octanol–water partition coefficient (Wildman–Crippen LogP) is 4.02. The molecule has 0 saturated carbocycles. The maximum absolute atomic E-state index is 9.64. The van der Waals surface area contributed by atoms with Crippen molar-refractivity contribution in [2.75, 3.05) is 13.7 Å². The van der Waals surface area contributed by atoms with Gasteiger partial charge in [0.1, 0.15) is 0 Å². The number of rotatable bonds is 9. The fourth-order valence-corrected chi connectivity index (χ4v) is 1.59. The van der Waals surface area contributed by atoms with Gasteiger partial charge in [-0.2, -0.15) is 0 Å². The summed E-state index contributed by atoms with van der Waals surface area (Å²) in [6.07, 6.45) is 7.86. The normalized spacial score (nSPS) is 14.7. The molecule has 0 aliphatic carbocycles. The summed E-state index contributed by atoms with van der Waals surface area (Å²) in [7, 11) is 1.71. The Morgan fingerprint density at radius 1 is 1.17 bits per heavy atom. The zero-order valence-electron chi connectivity index (χ0n) is 12.3. The van der Waals surface area contributed by atoms with Crippen molar-refractivity contribution in [1.29, 1.82) is 0 Å². The molecule has 0 rings (SSSR count). The molecule has 1 unspecified atom stereocenters. The Morgan fingerprint density at radius 3 is 2.33 bits per heavy atom. The van der Waals surface area contributed by atoms with Crippen molar-refractivity contribution in [2.24, 2.45) is 0 Å². The third kappa shape index (κ3) is 9.20. The molecule has 18 heavy (non-hydrogen) atoms. The van der Waals surface area contributed by atoms with E-state index in [0.717, 1.165) is 31.3 Å². The molecule has 0 heterocycles. The van der Waals surface area contributed by atoms with Crippen LogP contribution in [-0.4, -0.2) is 24.9 Å². The van der Waals surface area contributed by atoms with Gasteiger partial charge >= 0.3 is 0 Å². The van der Waals surface area contributed by atoms with Crippen LogP contribution in [0.15, 0.2) is 35.5 Å². The summed E-state index contributed by atoms with van der Waals surface area (Å²) in [6.45, 7) is 10.6. The van der Waals surface area contributed by atoms with Gasteiger partial charge in [0.15, 0.2) is 0 Å². The molecule has 0 amide bonds. The van der Waals surface area contributed by atoms with Gasteiger partial charge in [-0.1, -0.05) is 35.5 Å². The van der Waals surface area contributed by atoms with Crippen molar-refractivity contribution in [1.82, 2.24) is 0 Å². The van der Waals surface area contributed by atoms with Crippen LogP contribution in [0.3, 0.4) is 0 Å². The van der Waals surface area contributed by atoms with Crippen molar-refractivity contribution in [3.8, 4) is 0 Å². The van der Waals surface area contributed by atoms with Gasteiger partial charge in [-0.25, -0.2) is 0 Å². The molecule has 0 aromatic heterocycles. The van der Waals surface area contributed by atoms with Crippen LogP contribution in [0.2, 0.25) is 0 Å². The van der Waals surface area contributed by atoms with E-state index in [4.69, 9.17) is 4.74 Å². The second-order valence-electron chi connectivity index (χ2n) is 5.00. The molecule has 2 nitrogen and oxygen atoms in total. The van der Waals surface area contributed by atoms with Crippen LogP contribution < -0.4 is 0 Å². The van der Waals surface area contributed by atoms with Gasteiger partial charge in [0.05, 0.1) is 12.7 Å². The minimum atomic E-state index is -0.364. The smallest absolute Gasteiger partial charge is 0.0747 e. The first-order valence-electron chi connectivity index (χ1n) is 6.61. The zero-order valence-corrected chi connectivity index (χ0v) is 12.3. The average Bonchev–Trinajstić information content (AvgIpc) is 2.33. The molecule has 0 radical (unpaired) electrons. The van der Waals surface area contributed by atoms with E-state index in [9.17, 15) is 5.11 Å². The number of methoxy groups -OCH3 is 1. The highest BCUT2D eigenvalue weighted by atomic mass is 16.5. The van der Waals surface area contributed by atoms with Gasteiger partial charge < -0.3 is 9.84 Å². The SMILES string of the molecule is C=C(C)C(O)CCC(C)=CCCC(C)=CCOC. The van der Waals surface area contributed by atoms with Crippen LogP contribution in [0.1, 0.15) is 46.5 Å². The fraction of sp³-hybridized carbons (Fsp3) is 0.625. The molecule has 2 heteroatoms. The van der Waals surface area contributed by atoms with E-state index in [2.05, 4.69) is 32.6 Å². The molecular weight excluding hydrogens is 224 g/mol. The van der Waals surface area contributed by atoms with E-state index < -0.39 is 0 Å². The van der Waals surface area contributed by atoms with Crippen molar-refractivity contribution in [2.45, 2.75) is 52.6 Å². The van der Waals surface area contributed by atoms with Gasteiger partial charge in [0, 0.05) is 7.11 Å². The summed E-state index contributed by atoms with van der Waals surface area (Å²) >= 11 is 0. The summed E-state index contributed by atoms with van der Waals surface area (Å²) in [5, 5.41) is 9.64. The summed E-state index contributed by atoms with van der Waals surface area (Å²) in [6, 6.07) is 0. The van der Waals surface area contributed by atoms with E-state index in [1.807, 2.05) is 6.92 Å². The Labute approximate surface area is 112 Å². The highest BCUT2D eigenvalue weighted by molar-refractivity contribution is 5.05. The van der Waals surface area contributed by atoms with E-state index in [-0.39, 0.29) is 6.10 Å². The van der Waals surface area contributed by atoms with Crippen LogP contribution in [-0.2, 0) is 4.74 Å². The summed E-state index contributed by atoms with van der Waals surface area (Å²) in [5.74, 6) is 0. The minimum Gasteiger partial charge on any atom is -0.389 e. The van der Waals surface area contributed by atoms with Gasteiger partial charge in [0.2, 0.25) is 0 Å². The lowest BCUT2D eigenvalue weighted by atomic mass is 10.0. The summed E-state index contributed by atoms with van der Waals surface area (Å²) in [5.41, 5.74) is 3.55. The standard InChI is InChI=1S/C16H28O2/c1-13(2)16(17)10-9-14(3)7-6-8-15(4)11-12-18-5/h7,11,16-17H,1,6,8-10,12H2,2-5H3. The van der Waals surface area contributed by atoms with Crippen LogP contribution in [0.4, 0.5) is 0 Å². The molecule has 0 aliphatic heterocycles. The molecule has 0 bridgehead atoms. The average molecular weight is 252 g/mol. The monoisotopic (exact) mass is 252 g/mol. The van der Waals surface area contributed by atoms with Gasteiger partial charge in [-0.15, -0.1) is 0 Å². The molecule has 0 aromatic carbocycles. The molecule has 0 aliphatic rings. The zero-order chi connectivity index (χ0) is 14.0. The maximum Gasteiger partial charge on any atom is 0.0747 e. The topological polar surface area (TPSA) is 29.5 Å². The molecule has 0 aromatic rings. The predicted molar refractivity (Wildman–Crippen MR) is 78.7 cm³/mol. The van der Waals surface area contributed by atoms with Crippen molar-refractivity contribution >= 4 is 0 Å². The fourth-order valence-electron chi connectivity index (χ4n) is 1.59. The van der Waals surface area contributed by atoms with Crippen molar-refractivity contribution in [3.63, 3.8) is 0 Å². The molecule has 104 valence electrons. The van der Waals surface area contributed by atoms with E-state index in [1.165, 1.54) is 11.1 Å². The Morgan fingerprint density at radius 2 is 1.78 bits per heavy atom. The van der Waals surface area contributed by atoms with E-state index in [1.54, 1.807) is 7.11 Å². The first-order valence-corrected chi connectivity index (χ1v) is 6.61. The first kappa shape index (κ1) is 17.1. The molecule has 0 fully saturated rings. The molecule has 0 spiro atoms. The minimum absolute atomic E-state index is 0.364. The van der Waals surface area contributed by atoms with Crippen LogP contribution in [0.5, 0.6) is 0 Å². The van der Waals surface area contributed by atoms with Crippen molar-refractivity contribution < 1.29 is 9.84 Å². The van der Waals surface area contributed by atoms with Gasteiger partial charge in [0.25, 0.3) is 0 Å². The van der Waals surface area contributed by atoms with Crippen molar-refractivity contribution in [3.05, 3.63) is 35.5 Å². The Kier molecular flexibility index (Phi) is 9.62. The Balaban J connectivity index is 3.87. The molecule has 1 atom stereocenters. The lowest BCUT2D eigenvalue weighted by molar-refractivity contribution is 0.201. The van der Waals surface area contributed by atoms with Gasteiger partial charge in [-0.3, -0.25) is 0 Å². The third-order valence-corrected chi connectivity index (χ3v) is 3.01. The van der Waals surface area contributed by atoms with Crippen LogP contribution >= 0.6 is 0 Å². The number of hydrogen-bond acceptors (Lipinski definition) is 2. The van der Waals surface area contributed by atoms with Crippen LogP contribution in [0.25, 0.3) is 0 Å². The second-order valence-corrected chi connectivity index (χ2v) is 5.00. The first-order chi connectivity index (χ1) is 8.47. The second kappa shape index (κ2) is 10.1. The lowest BCUT2D eigenvalue weighted by Crippen LogP contribution is -2.06. The number of hydrogen-bond donors (Lipinski definition) is 1. The largest absolute Gasteiger partial charge is 0.389 e. The number of ether oxygens (including phenoxy) is 1. The number of allylic oxidation sites excluding steroid dienone is 3. The van der Waals surface area contributed by atoms with E-state index >= 15 is 0 Å². The van der Waals surface area contributed by atoms with Crippen LogP contribution in [0, 0.1) is 0 Å². The Hall–Kier alpha value is -0.860. The lowest BCUT2D eigenvalue weighted by Gasteiger charge is -2.09. The Bertz CT molecular complexity index is 300. The highest BCUT2D eigenvalue weighted by Gasteiger charge is 2.03. The summed E-state index contributed by atoms with van der Waals surface area (Å²) < 4.78 is 5.00. The molecule has 0 saturated heterocycles. The molecule has 1 N–H and O–H groups in total. The van der Waals surface area contributed by atoms with Gasteiger partial charge in [-0.05, 0) is 46.5 Å². The molecular formula is C16H28O2. The van der Waals surface area contributed by atoms with E-state index in [0.29, 0.717) is 6.61 Å².